The molecule has 2 aliphatic rings. The van der Waals surface area contributed by atoms with Gasteiger partial charge in [-0.1, -0.05) is 0 Å². The molecule has 0 amide bonds. The van der Waals surface area contributed by atoms with Crippen LogP contribution in [-0.4, -0.2) is 47.3 Å². The highest BCUT2D eigenvalue weighted by atomic mass is 16.5. The maximum absolute atomic E-state index is 5.47. The van der Waals surface area contributed by atoms with Crippen LogP contribution in [0, 0.1) is 18.8 Å². The molecule has 4 heteroatoms. The van der Waals surface area contributed by atoms with Gasteiger partial charge in [0, 0.05) is 32.1 Å². The molecule has 1 unspecified atom stereocenters. The first kappa shape index (κ1) is 13.1. The summed E-state index contributed by atoms with van der Waals surface area (Å²) in [5, 5.41) is 0. The van der Waals surface area contributed by atoms with Gasteiger partial charge in [-0.05, 0) is 51.1 Å². The average molecular weight is 263 g/mol. The van der Waals surface area contributed by atoms with E-state index in [9.17, 15) is 0 Å². The quantitative estimate of drug-likeness (QED) is 0.831. The first-order valence-corrected chi connectivity index (χ1v) is 7.59. The molecule has 3 heterocycles. The van der Waals surface area contributed by atoms with E-state index in [1.54, 1.807) is 0 Å². The Morgan fingerprint density at radius 3 is 2.68 bits per heavy atom. The number of likely N-dealkylation sites (tertiary alicyclic amines) is 1. The van der Waals surface area contributed by atoms with Crippen LogP contribution in [0.4, 0.5) is 0 Å². The predicted octanol–water partition coefficient (Wildman–Crippen LogP) is 1.94. The zero-order valence-electron chi connectivity index (χ0n) is 11.9. The van der Waals surface area contributed by atoms with Crippen molar-refractivity contribution in [1.29, 1.82) is 0 Å². The Morgan fingerprint density at radius 1 is 1.21 bits per heavy atom. The molecular formula is C15H25N3O. The van der Waals surface area contributed by atoms with Gasteiger partial charge in [-0.25, -0.2) is 4.98 Å². The summed E-state index contributed by atoms with van der Waals surface area (Å²) >= 11 is 0. The SMILES string of the molecule is Cc1nccn1CC1CCN(CC2CCOC2)CC1. The van der Waals surface area contributed by atoms with Crippen molar-refractivity contribution in [2.24, 2.45) is 11.8 Å². The van der Waals surface area contributed by atoms with Crippen LogP contribution in [0.15, 0.2) is 12.4 Å². The lowest BCUT2D eigenvalue weighted by Crippen LogP contribution is -2.38. The van der Waals surface area contributed by atoms with E-state index in [0.29, 0.717) is 0 Å². The van der Waals surface area contributed by atoms with Gasteiger partial charge in [-0.3, -0.25) is 0 Å². The normalized spacial score (nSPS) is 26.1. The third-order valence-electron chi connectivity index (χ3n) is 4.63. The molecule has 0 N–H and O–H groups in total. The van der Waals surface area contributed by atoms with Crippen molar-refractivity contribution in [3.63, 3.8) is 0 Å². The van der Waals surface area contributed by atoms with Crippen LogP contribution >= 0.6 is 0 Å². The van der Waals surface area contributed by atoms with Crippen LogP contribution < -0.4 is 0 Å². The third kappa shape index (κ3) is 3.37. The Labute approximate surface area is 115 Å². The molecule has 106 valence electrons. The summed E-state index contributed by atoms with van der Waals surface area (Å²) in [6.07, 6.45) is 7.92. The monoisotopic (exact) mass is 263 g/mol. The Kier molecular flexibility index (Phi) is 4.18. The van der Waals surface area contributed by atoms with Crippen LogP contribution in [0.1, 0.15) is 25.1 Å². The molecule has 0 aromatic carbocycles. The molecule has 19 heavy (non-hydrogen) atoms. The van der Waals surface area contributed by atoms with Crippen LogP contribution in [0.25, 0.3) is 0 Å². The summed E-state index contributed by atoms with van der Waals surface area (Å²) in [5.74, 6) is 2.75. The number of rotatable bonds is 4. The minimum absolute atomic E-state index is 0.785. The Hall–Kier alpha value is -0.870. The molecule has 2 fully saturated rings. The molecule has 4 nitrogen and oxygen atoms in total. The van der Waals surface area contributed by atoms with Gasteiger partial charge in [0.15, 0.2) is 0 Å². The van der Waals surface area contributed by atoms with Crippen molar-refractivity contribution in [1.82, 2.24) is 14.5 Å². The largest absolute Gasteiger partial charge is 0.381 e. The molecule has 0 radical (unpaired) electrons. The molecule has 1 aromatic rings. The lowest BCUT2D eigenvalue weighted by molar-refractivity contribution is 0.136. The van der Waals surface area contributed by atoms with Crippen molar-refractivity contribution in [2.45, 2.75) is 32.7 Å². The van der Waals surface area contributed by atoms with E-state index >= 15 is 0 Å². The molecule has 3 rings (SSSR count). The zero-order valence-corrected chi connectivity index (χ0v) is 11.9. The van der Waals surface area contributed by atoms with Crippen LogP contribution in [0.3, 0.4) is 0 Å². The van der Waals surface area contributed by atoms with Crippen molar-refractivity contribution >= 4 is 0 Å². The topological polar surface area (TPSA) is 30.3 Å². The Balaban J connectivity index is 1.43. The lowest BCUT2D eigenvalue weighted by Gasteiger charge is -2.33. The Morgan fingerprint density at radius 2 is 2.05 bits per heavy atom. The number of hydrogen-bond donors (Lipinski definition) is 0. The van der Waals surface area contributed by atoms with E-state index in [0.717, 1.165) is 37.4 Å². The standard InChI is InChI=1S/C15H25N3O/c1-13-16-5-8-18(13)11-14-2-6-17(7-3-14)10-15-4-9-19-12-15/h5,8,14-15H,2-4,6-7,9-12H2,1H3. The molecular weight excluding hydrogens is 238 g/mol. The minimum atomic E-state index is 0.785. The van der Waals surface area contributed by atoms with Crippen LogP contribution in [0.5, 0.6) is 0 Å². The lowest BCUT2D eigenvalue weighted by atomic mass is 9.95. The van der Waals surface area contributed by atoms with Gasteiger partial charge in [0.1, 0.15) is 5.82 Å². The smallest absolute Gasteiger partial charge is 0.105 e. The predicted molar refractivity (Wildman–Crippen MR) is 75.1 cm³/mol. The first-order valence-electron chi connectivity index (χ1n) is 7.59. The van der Waals surface area contributed by atoms with Gasteiger partial charge < -0.3 is 14.2 Å². The van der Waals surface area contributed by atoms with E-state index in [4.69, 9.17) is 4.74 Å². The van der Waals surface area contributed by atoms with Crippen molar-refractivity contribution in [3.8, 4) is 0 Å². The summed E-state index contributed by atoms with van der Waals surface area (Å²) in [4.78, 5) is 6.94. The minimum Gasteiger partial charge on any atom is -0.381 e. The summed E-state index contributed by atoms with van der Waals surface area (Å²) in [6.45, 7) is 8.96. The van der Waals surface area contributed by atoms with E-state index in [-0.39, 0.29) is 0 Å². The second-order valence-electron chi connectivity index (χ2n) is 6.10. The molecule has 1 atom stereocenters. The number of imidazole rings is 1. The molecule has 1 aromatic heterocycles. The average Bonchev–Trinajstić information content (AvgIpc) is 3.05. The van der Waals surface area contributed by atoms with Gasteiger partial charge in [-0.15, -0.1) is 0 Å². The van der Waals surface area contributed by atoms with Crippen molar-refractivity contribution in [2.75, 3.05) is 32.8 Å². The highest BCUT2D eigenvalue weighted by molar-refractivity contribution is 4.89. The summed E-state index contributed by atoms with van der Waals surface area (Å²) in [7, 11) is 0. The van der Waals surface area contributed by atoms with Crippen molar-refractivity contribution < 1.29 is 4.74 Å². The second kappa shape index (κ2) is 6.06. The van der Waals surface area contributed by atoms with Crippen LogP contribution in [-0.2, 0) is 11.3 Å². The maximum atomic E-state index is 5.47. The van der Waals surface area contributed by atoms with Gasteiger partial charge in [0.25, 0.3) is 0 Å². The molecule has 2 aliphatic heterocycles. The van der Waals surface area contributed by atoms with Gasteiger partial charge in [0.05, 0.1) is 6.61 Å². The van der Waals surface area contributed by atoms with Crippen LogP contribution in [0.2, 0.25) is 0 Å². The molecule has 2 saturated heterocycles. The third-order valence-corrected chi connectivity index (χ3v) is 4.63. The number of nitrogens with zero attached hydrogens (tertiary/aromatic N) is 3. The first-order chi connectivity index (χ1) is 9.31. The summed E-state index contributed by atoms with van der Waals surface area (Å²) < 4.78 is 7.76. The highest BCUT2D eigenvalue weighted by Gasteiger charge is 2.24. The number of aromatic nitrogens is 2. The van der Waals surface area contributed by atoms with E-state index in [1.165, 1.54) is 38.9 Å². The van der Waals surface area contributed by atoms with E-state index in [2.05, 4.69) is 27.6 Å². The highest BCUT2D eigenvalue weighted by Crippen LogP contribution is 2.22. The van der Waals surface area contributed by atoms with Gasteiger partial charge in [-0.2, -0.15) is 0 Å². The number of ether oxygens (including phenoxy) is 1. The fraction of sp³-hybridized carbons (Fsp3) is 0.800. The van der Waals surface area contributed by atoms with E-state index < -0.39 is 0 Å². The number of piperidine rings is 1. The zero-order chi connectivity index (χ0) is 13.1. The Bertz CT molecular complexity index is 390. The van der Waals surface area contributed by atoms with Crippen molar-refractivity contribution in [3.05, 3.63) is 18.2 Å². The fourth-order valence-electron chi connectivity index (χ4n) is 3.32. The number of hydrogen-bond acceptors (Lipinski definition) is 3. The van der Waals surface area contributed by atoms with Gasteiger partial charge >= 0.3 is 0 Å². The fourth-order valence-corrected chi connectivity index (χ4v) is 3.32. The number of aryl methyl sites for hydroxylation is 1. The molecule has 0 bridgehead atoms. The summed E-state index contributed by atoms with van der Waals surface area (Å²) in [5.41, 5.74) is 0. The summed E-state index contributed by atoms with van der Waals surface area (Å²) in [6, 6.07) is 0. The van der Waals surface area contributed by atoms with Gasteiger partial charge in [0.2, 0.25) is 0 Å². The second-order valence-corrected chi connectivity index (χ2v) is 6.10. The molecule has 0 aliphatic carbocycles. The molecule has 0 saturated carbocycles. The maximum Gasteiger partial charge on any atom is 0.105 e. The molecule has 0 spiro atoms. The van der Waals surface area contributed by atoms with E-state index in [1.807, 2.05) is 6.20 Å².